The smallest absolute Gasteiger partial charge is 0.262 e. The highest BCUT2D eigenvalue weighted by Gasteiger charge is 2.43. The molecule has 0 saturated carbocycles. The Labute approximate surface area is 167 Å². The van der Waals surface area contributed by atoms with Gasteiger partial charge in [0.1, 0.15) is 5.75 Å². The fourth-order valence-electron chi connectivity index (χ4n) is 4.33. The van der Waals surface area contributed by atoms with Crippen LogP contribution in [-0.4, -0.2) is 28.2 Å². The van der Waals surface area contributed by atoms with Gasteiger partial charge in [-0.2, -0.15) is 0 Å². The SMILES string of the molecule is Cc1ccc2c(c1)OC(N)=C1C(=O)N(CCc3c[nH]c4ccccc34)C(=O)CC12. The van der Waals surface area contributed by atoms with Gasteiger partial charge in [-0.15, -0.1) is 0 Å². The number of fused-ring (bicyclic) bond motifs is 4. The maximum atomic E-state index is 13.2. The number of aromatic amines is 1. The molecule has 3 heterocycles. The molecule has 2 aliphatic heterocycles. The number of nitrogens with two attached hydrogens (primary N) is 1. The number of benzene rings is 2. The highest BCUT2D eigenvalue weighted by Crippen LogP contribution is 2.43. The van der Waals surface area contributed by atoms with Crippen molar-refractivity contribution >= 4 is 22.7 Å². The highest BCUT2D eigenvalue weighted by molar-refractivity contribution is 6.09. The first-order valence-corrected chi connectivity index (χ1v) is 9.70. The van der Waals surface area contributed by atoms with E-state index in [1.54, 1.807) is 0 Å². The third kappa shape index (κ3) is 2.79. The molecular formula is C23H21N3O3. The molecule has 1 unspecified atom stereocenters. The Morgan fingerprint density at radius 2 is 2.03 bits per heavy atom. The zero-order valence-electron chi connectivity index (χ0n) is 16.1. The predicted octanol–water partition coefficient (Wildman–Crippen LogP) is 3.12. The van der Waals surface area contributed by atoms with E-state index in [0.29, 0.717) is 24.3 Å². The van der Waals surface area contributed by atoms with Gasteiger partial charge in [-0.25, -0.2) is 0 Å². The first-order valence-electron chi connectivity index (χ1n) is 9.70. The number of ether oxygens (including phenoxy) is 1. The van der Waals surface area contributed by atoms with Crippen molar-refractivity contribution in [1.29, 1.82) is 0 Å². The zero-order valence-corrected chi connectivity index (χ0v) is 16.1. The van der Waals surface area contributed by atoms with Crippen molar-refractivity contribution < 1.29 is 14.3 Å². The summed E-state index contributed by atoms with van der Waals surface area (Å²) < 4.78 is 5.74. The highest BCUT2D eigenvalue weighted by atomic mass is 16.5. The fourth-order valence-corrected chi connectivity index (χ4v) is 4.33. The number of rotatable bonds is 3. The molecule has 2 aromatic carbocycles. The van der Waals surface area contributed by atoms with Gasteiger partial charge in [0.15, 0.2) is 5.88 Å². The van der Waals surface area contributed by atoms with E-state index in [4.69, 9.17) is 10.5 Å². The third-order valence-corrected chi connectivity index (χ3v) is 5.81. The second-order valence-corrected chi connectivity index (χ2v) is 7.64. The Morgan fingerprint density at radius 1 is 1.21 bits per heavy atom. The van der Waals surface area contributed by atoms with E-state index in [2.05, 4.69) is 4.98 Å². The summed E-state index contributed by atoms with van der Waals surface area (Å²) in [5.74, 6) is -0.143. The summed E-state index contributed by atoms with van der Waals surface area (Å²) in [5, 5.41) is 1.10. The van der Waals surface area contributed by atoms with E-state index < -0.39 is 0 Å². The average molecular weight is 387 g/mol. The topological polar surface area (TPSA) is 88.4 Å². The van der Waals surface area contributed by atoms with E-state index in [1.807, 2.05) is 55.6 Å². The molecule has 5 rings (SSSR count). The molecule has 3 N–H and O–H groups in total. The molecule has 3 aromatic rings. The molecule has 0 aliphatic carbocycles. The number of imide groups is 1. The lowest BCUT2D eigenvalue weighted by molar-refractivity contribution is -0.145. The van der Waals surface area contributed by atoms with Gasteiger partial charge in [-0.3, -0.25) is 14.5 Å². The Bertz CT molecular complexity index is 1190. The Balaban J connectivity index is 1.42. The molecule has 0 bridgehead atoms. The lowest BCUT2D eigenvalue weighted by atomic mass is 9.82. The number of hydrogen-bond donors (Lipinski definition) is 2. The molecule has 2 amide bonds. The van der Waals surface area contributed by atoms with Gasteiger partial charge in [0.2, 0.25) is 5.91 Å². The summed E-state index contributed by atoms with van der Waals surface area (Å²) in [4.78, 5) is 30.6. The van der Waals surface area contributed by atoms with Crippen molar-refractivity contribution in [1.82, 2.24) is 9.88 Å². The lowest BCUT2D eigenvalue weighted by Gasteiger charge is -2.36. The van der Waals surface area contributed by atoms with Crippen LogP contribution >= 0.6 is 0 Å². The van der Waals surface area contributed by atoms with Crippen LogP contribution in [0.2, 0.25) is 0 Å². The van der Waals surface area contributed by atoms with E-state index in [9.17, 15) is 9.59 Å². The van der Waals surface area contributed by atoms with Crippen LogP contribution in [0.3, 0.4) is 0 Å². The Morgan fingerprint density at radius 3 is 2.90 bits per heavy atom. The number of aryl methyl sites for hydroxylation is 1. The molecule has 1 atom stereocenters. The van der Waals surface area contributed by atoms with Gasteiger partial charge in [0.05, 0.1) is 5.57 Å². The summed E-state index contributed by atoms with van der Waals surface area (Å²) in [5.41, 5.74) is 10.5. The molecule has 2 aliphatic rings. The number of hydrogen-bond acceptors (Lipinski definition) is 4. The summed E-state index contributed by atoms with van der Waals surface area (Å²) in [6.45, 7) is 2.27. The second-order valence-electron chi connectivity index (χ2n) is 7.64. The zero-order chi connectivity index (χ0) is 20.1. The van der Waals surface area contributed by atoms with Crippen LogP contribution in [0.15, 0.2) is 60.1 Å². The number of para-hydroxylation sites is 1. The molecule has 1 saturated heterocycles. The van der Waals surface area contributed by atoms with Gasteiger partial charge in [-0.05, 0) is 36.6 Å². The molecular weight excluding hydrogens is 366 g/mol. The van der Waals surface area contributed by atoms with E-state index in [1.165, 1.54) is 4.90 Å². The third-order valence-electron chi connectivity index (χ3n) is 5.81. The first-order chi connectivity index (χ1) is 14.0. The van der Waals surface area contributed by atoms with Gasteiger partial charge in [0, 0.05) is 41.5 Å². The van der Waals surface area contributed by atoms with Crippen LogP contribution in [0.5, 0.6) is 5.75 Å². The number of H-pyrrole nitrogens is 1. The van der Waals surface area contributed by atoms with Crippen molar-refractivity contribution in [2.75, 3.05) is 6.54 Å². The molecule has 29 heavy (non-hydrogen) atoms. The standard InChI is InChI=1S/C23H21N3O3/c1-13-6-7-16-17-11-20(27)26(23(28)21(17)22(24)29-19(16)10-13)9-8-14-12-25-18-5-3-2-4-15(14)18/h2-7,10,12,17,25H,8-9,11,24H2,1H3. The predicted molar refractivity (Wildman–Crippen MR) is 109 cm³/mol. The van der Waals surface area contributed by atoms with Crippen LogP contribution in [0.25, 0.3) is 10.9 Å². The largest absolute Gasteiger partial charge is 0.441 e. The summed E-state index contributed by atoms with van der Waals surface area (Å²) >= 11 is 0. The van der Waals surface area contributed by atoms with Gasteiger partial charge in [-0.1, -0.05) is 30.3 Å². The van der Waals surface area contributed by atoms with Crippen LogP contribution in [0.4, 0.5) is 0 Å². The first kappa shape index (κ1) is 17.6. The van der Waals surface area contributed by atoms with E-state index in [0.717, 1.165) is 27.6 Å². The minimum atomic E-state index is -0.352. The second kappa shape index (κ2) is 6.51. The minimum absolute atomic E-state index is 0.0997. The van der Waals surface area contributed by atoms with Crippen LogP contribution in [0.1, 0.15) is 29.0 Å². The van der Waals surface area contributed by atoms with Gasteiger partial charge >= 0.3 is 0 Å². The van der Waals surface area contributed by atoms with Crippen molar-refractivity contribution in [2.24, 2.45) is 5.73 Å². The van der Waals surface area contributed by atoms with Crippen LogP contribution in [-0.2, 0) is 16.0 Å². The molecule has 6 nitrogen and oxygen atoms in total. The number of carbonyl (C=O) groups is 2. The van der Waals surface area contributed by atoms with Crippen molar-refractivity contribution in [2.45, 2.75) is 25.7 Å². The lowest BCUT2D eigenvalue weighted by Crippen LogP contribution is -2.47. The summed E-state index contributed by atoms with van der Waals surface area (Å²) in [7, 11) is 0. The summed E-state index contributed by atoms with van der Waals surface area (Å²) in [6, 6.07) is 13.8. The average Bonchev–Trinajstić information content (AvgIpc) is 3.10. The number of aromatic nitrogens is 1. The number of nitrogens with zero attached hydrogens (tertiary/aromatic N) is 1. The van der Waals surface area contributed by atoms with Crippen molar-refractivity contribution in [3.8, 4) is 5.75 Å². The Hall–Kier alpha value is -3.54. The minimum Gasteiger partial charge on any atom is -0.441 e. The molecule has 6 heteroatoms. The molecule has 0 radical (unpaired) electrons. The number of piperidine rings is 1. The molecule has 1 fully saturated rings. The summed E-state index contributed by atoms with van der Waals surface area (Å²) in [6.07, 6.45) is 2.73. The molecule has 1 aromatic heterocycles. The normalized spacial score (nSPS) is 18.7. The van der Waals surface area contributed by atoms with E-state index in [-0.39, 0.29) is 30.0 Å². The number of amides is 2. The van der Waals surface area contributed by atoms with Crippen molar-refractivity contribution in [3.05, 3.63) is 76.8 Å². The van der Waals surface area contributed by atoms with Crippen LogP contribution in [0, 0.1) is 6.92 Å². The van der Waals surface area contributed by atoms with Gasteiger partial charge in [0.25, 0.3) is 5.91 Å². The van der Waals surface area contributed by atoms with Crippen LogP contribution < -0.4 is 10.5 Å². The maximum Gasteiger partial charge on any atom is 0.262 e. The maximum absolute atomic E-state index is 13.2. The molecule has 146 valence electrons. The number of nitrogens with one attached hydrogen (secondary N) is 1. The van der Waals surface area contributed by atoms with Crippen molar-refractivity contribution in [3.63, 3.8) is 0 Å². The number of likely N-dealkylation sites (tertiary alicyclic amines) is 1. The fraction of sp³-hybridized carbons (Fsp3) is 0.217. The van der Waals surface area contributed by atoms with Gasteiger partial charge < -0.3 is 15.5 Å². The monoisotopic (exact) mass is 387 g/mol. The van der Waals surface area contributed by atoms with E-state index >= 15 is 0 Å². The number of carbonyl (C=O) groups excluding carboxylic acids is 2. The molecule has 0 spiro atoms. The Kier molecular flexibility index (Phi) is 3.94. The quantitative estimate of drug-likeness (QED) is 0.676.